The molecule has 1 saturated carbocycles. The number of nitrogens with one attached hydrogen (secondary N) is 2. The molecule has 0 saturated heterocycles. The fraction of sp³-hybridized carbons (Fsp3) is 0.750. The molecule has 0 amide bonds. The number of hydrogen-bond acceptors (Lipinski definition) is 3. The highest BCUT2D eigenvalue weighted by Crippen LogP contribution is 2.26. The highest BCUT2D eigenvalue weighted by molar-refractivity contribution is 14.0. The van der Waals surface area contributed by atoms with E-state index in [9.17, 15) is 0 Å². The molecule has 0 aliphatic heterocycles. The summed E-state index contributed by atoms with van der Waals surface area (Å²) >= 11 is 1.78. The van der Waals surface area contributed by atoms with Gasteiger partial charge < -0.3 is 10.6 Å². The zero-order chi connectivity index (χ0) is 15.1. The monoisotopic (exact) mass is 436 g/mol. The molecule has 22 heavy (non-hydrogen) atoms. The van der Waals surface area contributed by atoms with Gasteiger partial charge in [0.05, 0.1) is 6.54 Å². The number of thiazole rings is 1. The molecule has 4 nitrogen and oxygen atoms in total. The number of halogens is 1. The van der Waals surface area contributed by atoms with E-state index in [1.165, 1.54) is 37.0 Å². The first-order valence-electron chi connectivity index (χ1n) is 8.15. The van der Waals surface area contributed by atoms with Crippen LogP contribution in [0.15, 0.2) is 11.2 Å². The van der Waals surface area contributed by atoms with E-state index in [1.54, 1.807) is 11.3 Å². The maximum absolute atomic E-state index is 4.44. The molecular weight excluding hydrogens is 407 g/mol. The van der Waals surface area contributed by atoms with Crippen LogP contribution in [0.25, 0.3) is 0 Å². The van der Waals surface area contributed by atoms with Gasteiger partial charge >= 0.3 is 0 Å². The summed E-state index contributed by atoms with van der Waals surface area (Å²) in [5.74, 6) is 1.78. The number of hydrogen-bond donors (Lipinski definition) is 2. The molecule has 2 atom stereocenters. The summed E-state index contributed by atoms with van der Waals surface area (Å²) in [5.41, 5.74) is 0. The van der Waals surface area contributed by atoms with Crippen molar-refractivity contribution in [3.05, 3.63) is 16.1 Å². The third kappa shape index (κ3) is 6.02. The molecule has 1 fully saturated rings. The Morgan fingerprint density at radius 2 is 2.23 bits per heavy atom. The predicted molar refractivity (Wildman–Crippen MR) is 106 cm³/mol. The average Bonchev–Trinajstić information content (AvgIpc) is 2.99. The van der Waals surface area contributed by atoms with Crippen LogP contribution in [0, 0.1) is 5.92 Å². The van der Waals surface area contributed by atoms with E-state index in [0.717, 1.165) is 29.9 Å². The Kier molecular flexibility index (Phi) is 9.31. The molecule has 1 aromatic rings. The first kappa shape index (κ1) is 19.7. The van der Waals surface area contributed by atoms with Crippen molar-refractivity contribution in [3.63, 3.8) is 0 Å². The fourth-order valence-corrected chi connectivity index (χ4v) is 3.74. The summed E-state index contributed by atoms with van der Waals surface area (Å²) in [6, 6.07) is 0.567. The van der Waals surface area contributed by atoms with Gasteiger partial charge in [-0.2, -0.15) is 0 Å². The number of aryl methyl sites for hydroxylation is 1. The molecule has 1 aliphatic rings. The number of aliphatic imine (C=N–C) groups is 1. The van der Waals surface area contributed by atoms with Crippen LogP contribution in [0.4, 0.5) is 0 Å². The molecule has 0 aromatic carbocycles. The number of nitrogens with zero attached hydrogens (tertiary/aromatic N) is 2. The summed E-state index contributed by atoms with van der Waals surface area (Å²) in [6.45, 7) is 5.22. The van der Waals surface area contributed by atoms with Crippen molar-refractivity contribution >= 4 is 41.3 Å². The second kappa shape index (κ2) is 10.4. The van der Waals surface area contributed by atoms with Gasteiger partial charge in [-0.25, -0.2) is 4.98 Å². The largest absolute Gasteiger partial charge is 0.354 e. The Hall–Kier alpha value is -0.370. The quantitative estimate of drug-likeness (QED) is 0.418. The van der Waals surface area contributed by atoms with Crippen molar-refractivity contribution < 1.29 is 0 Å². The molecule has 2 N–H and O–H groups in total. The van der Waals surface area contributed by atoms with Gasteiger partial charge in [-0.1, -0.05) is 33.1 Å². The van der Waals surface area contributed by atoms with Crippen molar-refractivity contribution in [2.45, 2.75) is 65.0 Å². The highest BCUT2D eigenvalue weighted by atomic mass is 127. The van der Waals surface area contributed by atoms with Gasteiger partial charge in [-0.05, 0) is 25.2 Å². The van der Waals surface area contributed by atoms with Crippen LogP contribution in [0.5, 0.6) is 0 Å². The Labute approximate surface area is 155 Å². The van der Waals surface area contributed by atoms with E-state index >= 15 is 0 Å². The van der Waals surface area contributed by atoms with Crippen molar-refractivity contribution in [1.29, 1.82) is 0 Å². The Balaban J connectivity index is 0.00000242. The van der Waals surface area contributed by atoms with Crippen LogP contribution in [-0.4, -0.2) is 24.0 Å². The molecule has 6 heteroatoms. The van der Waals surface area contributed by atoms with Gasteiger partial charge in [-0.15, -0.1) is 35.3 Å². The van der Waals surface area contributed by atoms with Gasteiger partial charge in [0.2, 0.25) is 0 Å². The SMILES string of the molecule is CCc1cnc(CNC(=NC)NC2CCCC(CC)C2)s1.I. The number of guanidine groups is 1. The van der Waals surface area contributed by atoms with E-state index < -0.39 is 0 Å². The van der Waals surface area contributed by atoms with Crippen molar-refractivity contribution in [2.24, 2.45) is 10.9 Å². The second-order valence-electron chi connectivity index (χ2n) is 5.78. The minimum atomic E-state index is 0. The minimum Gasteiger partial charge on any atom is -0.354 e. The van der Waals surface area contributed by atoms with Gasteiger partial charge in [0.15, 0.2) is 5.96 Å². The molecule has 1 aromatic heterocycles. The summed E-state index contributed by atoms with van der Waals surface area (Å²) in [6.07, 6.45) is 9.58. The van der Waals surface area contributed by atoms with Gasteiger partial charge in [0.1, 0.15) is 5.01 Å². The molecule has 0 radical (unpaired) electrons. The van der Waals surface area contributed by atoms with E-state index in [-0.39, 0.29) is 24.0 Å². The molecule has 1 heterocycles. The normalized spacial score (nSPS) is 22.0. The third-order valence-corrected chi connectivity index (χ3v) is 5.42. The van der Waals surface area contributed by atoms with Crippen molar-refractivity contribution in [3.8, 4) is 0 Å². The molecular formula is C16H29IN4S. The first-order chi connectivity index (χ1) is 10.2. The lowest BCUT2D eigenvalue weighted by Crippen LogP contribution is -2.45. The maximum atomic E-state index is 4.44. The lowest BCUT2D eigenvalue weighted by atomic mass is 9.84. The summed E-state index contributed by atoms with van der Waals surface area (Å²) in [7, 11) is 1.84. The summed E-state index contributed by atoms with van der Waals surface area (Å²) in [4.78, 5) is 10.1. The van der Waals surface area contributed by atoms with Gasteiger partial charge in [0, 0.05) is 24.2 Å². The smallest absolute Gasteiger partial charge is 0.191 e. The lowest BCUT2D eigenvalue weighted by molar-refractivity contribution is 0.298. The molecule has 2 rings (SSSR count). The topological polar surface area (TPSA) is 49.3 Å². The van der Waals surface area contributed by atoms with E-state index in [2.05, 4.69) is 34.5 Å². The summed E-state index contributed by atoms with van der Waals surface area (Å²) < 4.78 is 0. The van der Waals surface area contributed by atoms with Crippen LogP contribution < -0.4 is 10.6 Å². The Morgan fingerprint density at radius 1 is 1.41 bits per heavy atom. The standard InChI is InChI=1S/C16H28N4S.HI/c1-4-12-7-6-8-13(9-12)20-16(17-3)19-11-15-18-10-14(5-2)21-15;/h10,12-13H,4-9,11H2,1-3H3,(H2,17,19,20);1H. The van der Waals surface area contributed by atoms with Crippen LogP contribution >= 0.6 is 35.3 Å². The van der Waals surface area contributed by atoms with Crippen LogP contribution in [0.2, 0.25) is 0 Å². The fourth-order valence-electron chi connectivity index (χ4n) is 2.93. The highest BCUT2D eigenvalue weighted by Gasteiger charge is 2.21. The predicted octanol–water partition coefficient (Wildman–Crippen LogP) is 3.96. The molecule has 1 aliphatic carbocycles. The molecule has 2 unspecified atom stereocenters. The first-order valence-corrected chi connectivity index (χ1v) is 8.97. The van der Waals surface area contributed by atoms with E-state index in [0.29, 0.717) is 6.04 Å². The third-order valence-electron chi connectivity index (χ3n) is 4.28. The number of aromatic nitrogens is 1. The van der Waals surface area contributed by atoms with Crippen molar-refractivity contribution in [2.75, 3.05) is 7.05 Å². The van der Waals surface area contributed by atoms with Crippen LogP contribution in [-0.2, 0) is 13.0 Å². The van der Waals surface area contributed by atoms with Gasteiger partial charge in [0.25, 0.3) is 0 Å². The molecule has 0 spiro atoms. The average molecular weight is 436 g/mol. The van der Waals surface area contributed by atoms with Gasteiger partial charge in [-0.3, -0.25) is 4.99 Å². The minimum absolute atomic E-state index is 0. The van der Waals surface area contributed by atoms with Crippen molar-refractivity contribution in [1.82, 2.24) is 15.6 Å². The van der Waals surface area contributed by atoms with E-state index in [4.69, 9.17) is 0 Å². The Morgan fingerprint density at radius 3 is 2.86 bits per heavy atom. The summed E-state index contributed by atoms with van der Waals surface area (Å²) in [5, 5.41) is 8.10. The number of rotatable bonds is 5. The zero-order valence-corrected chi connectivity index (χ0v) is 17.0. The maximum Gasteiger partial charge on any atom is 0.191 e. The molecule has 0 bridgehead atoms. The van der Waals surface area contributed by atoms with E-state index in [1.807, 2.05) is 13.2 Å². The van der Waals surface area contributed by atoms with Crippen LogP contribution in [0.1, 0.15) is 55.8 Å². The van der Waals surface area contributed by atoms with Crippen LogP contribution in [0.3, 0.4) is 0 Å². The zero-order valence-electron chi connectivity index (χ0n) is 13.9. The second-order valence-corrected chi connectivity index (χ2v) is 6.98. The lowest BCUT2D eigenvalue weighted by Gasteiger charge is -2.30. The molecule has 126 valence electrons. The Bertz CT molecular complexity index is 461.